The van der Waals surface area contributed by atoms with Crippen LogP contribution in [0.1, 0.15) is 26.2 Å². The highest BCUT2D eigenvalue weighted by molar-refractivity contribution is 6.40. The first-order chi connectivity index (χ1) is 7.15. The van der Waals surface area contributed by atoms with Crippen molar-refractivity contribution < 1.29 is 19.4 Å². The van der Waals surface area contributed by atoms with Crippen molar-refractivity contribution in [1.29, 1.82) is 0 Å². The summed E-state index contributed by atoms with van der Waals surface area (Å²) in [4.78, 5) is 22.9. The lowest BCUT2D eigenvalue weighted by atomic mass is 9.94. The van der Waals surface area contributed by atoms with Crippen LogP contribution >= 0.6 is 0 Å². The molecule has 0 aliphatic heterocycles. The molecule has 4 heteroatoms. The number of allylic oxidation sites excluding steroid dienone is 1. The van der Waals surface area contributed by atoms with Crippen molar-refractivity contribution in [2.24, 2.45) is 11.8 Å². The zero-order chi connectivity index (χ0) is 11.0. The number of carbonyl (C=O) groups is 2. The van der Waals surface area contributed by atoms with Gasteiger partial charge in [0.1, 0.15) is 5.76 Å². The van der Waals surface area contributed by atoms with E-state index < -0.39 is 11.8 Å². The predicted molar refractivity (Wildman–Crippen MR) is 52.1 cm³/mol. The molecule has 2 rings (SSSR count). The van der Waals surface area contributed by atoms with Crippen LogP contribution in [0.4, 0.5) is 0 Å². The van der Waals surface area contributed by atoms with Gasteiger partial charge in [-0.3, -0.25) is 4.79 Å². The Labute approximate surface area is 87.9 Å². The van der Waals surface area contributed by atoms with Gasteiger partial charge in [-0.1, -0.05) is 0 Å². The van der Waals surface area contributed by atoms with Crippen molar-refractivity contribution in [3.8, 4) is 0 Å². The maximum absolute atomic E-state index is 11.6. The largest absolute Gasteiger partial charge is 0.512 e. The van der Waals surface area contributed by atoms with Gasteiger partial charge in [0, 0.05) is 11.5 Å². The van der Waals surface area contributed by atoms with Gasteiger partial charge in [0.2, 0.25) is 0 Å². The summed E-state index contributed by atoms with van der Waals surface area (Å²) >= 11 is 0. The van der Waals surface area contributed by atoms with Gasteiger partial charge in [0.05, 0.1) is 6.61 Å². The summed E-state index contributed by atoms with van der Waals surface area (Å²) in [6.07, 6.45) is 2.64. The molecule has 15 heavy (non-hydrogen) atoms. The van der Waals surface area contributed by atoms with Gasteiger partial charge >= 0.3 is 5.97 Å². The molecule has 0 spiro atoms. The predicted octanol–water partition coefficient (Wildman–Crippen LogP) is 1.36. The molecule has 2 aliphatic carbocycles. The van der Waals surface area contributed by atoms with Crippen molar-refractivity contribution in [1.82, 2.24) is 0 Å². The molecule has 0 heterocycles. The van der Waals surface area contributed by atoms with Crippen LogP contribution in [-0.2, 0) is 14.3 Å². The Morgan fingerprint density at radius 1 is 1.40 bits per heavy atom. The number of fused-ring (bicyclic) bond motifs is 2. The molecule has 0 amide bonds. The minimum Gasteiger partial charge on any atom is -0.512 e. The highest BCUT2D eigenvalue weighted by Gasteiger charge is 2.44. The minimum absolute atomic E-state index is 0.0758. The second-order valence-electron chi connectivity index (χ2n) is 4.06. The molecule has 2 aliphatic rings. The molecule has 4 nitrogen and oxygen atoms in total. The summed E-state index contributed by atoms with van der Waals surface area (Å²) in [6.45, 7) is 1.84. The molecule has 1 N–H and O–H groups in total. The second-order valence-corrected chi connectivity index (χ2v) is 4.06. The third-order valence-electron chi connectivity index (χ3n) is 3.21. The lowest BCUT2D eigenvalue weighted by Crippen LogP contribution is -2.23. The number of hydrogen-bond acceptors (Lipinski definition) is 4. The molecule has 1 fully saturated rings. The topological polar surface area (TPSA) is 63.6 Å². The Morgan fingerprint density at radius 3 is 2.60 bits per heavy atom. The van der Waals surface area contributed by atoms with E-state index in [0.29, 0.717) is 5.57 Å². The molecule has 2 unspecified atom stereocenters. The average Bonchev–Trinajstić information content (AvgIpc) is 2.77. The van der Waals surface area contributed by atoms with E-state index in [4.69, 9.17) is 0 Å². The van der Waals surface area contributed by atoms with Crippen LogP contribution in [0, 0.1) is 11.8 Å². The number of rotatable bonds is 3. The van der Waals surface area contributed by atoms with E-state index in [1.165, 1.54) is 0 Å². The van der Waals surface area contributed by atoms with Crippen molar-refractivity contribution in [3.05, 3.63) is 11.3 Å². The van der Waals surface area contributed by atoms with E-state index in [1.54, 1.807) is 6.92 Å². The van der Waals surface area contributed by atoms with E-state index in [2.05, 4.69) is 4.74 Å². The first-order valence-corrected chi connectivity index (χ1v) is 5.29. The summed E-state index contributed by atoms with van der Waals surface area (Å²) in [6, 6.07) is 0. The fourth-order valence-corrected chi connectivity index (χ4v) is 2.53. The van der Waals surface area contributed by atoms with Crippen LogP contribution < -0.4 is 0 Å². The molecular formula is C11H14O4. The summed E-state index contributed by atoms with van der Waals surface area (Å²) < 4.78 is 4.64. The molecule has 2 bridgehead atoms. The Balaban J connectivity index is 2.18. The maximum Gasteiger partial charge on any atom is 0.379 e. The molecule has 1 saturated carbocycles. The van der Waals surface area contributed by atoms with Crippen LogP contribution in [0.3, 0.4) is 0 Å². The Morgan fingerprint density at radius 2 is 2.07 bits per heavy atom. The van der Waals surface area contributed by atoms with E-state index in [0.717, 1.165) is 19.3 Å². The summed E-state index contributed by atoms with van der Waals surface area (Å²) in [5.74, 6) is -1.19. The average molecular weight is 210 g/mol. The second kappa shape index (κ2) is 3.68. The highest BCUT2D eigenvalue weighted by atomic mass is 16.5. The number of carbonyl (C=O) groups excluding carboxylic acids is 2. The molecule has 2 atom stereocenters. The van der Waals surface area contributed by atoms with Crippen molar-refractivity contribution in [2.75, 3.05) is 6.61 Å². The quantitative estimate of drug-likeness (QED) is 0.564. The highest BCUT2D eigenvalue weighted by Crippen LogP contribution is 2.47. The molecule has 0 aromatic rings. The maximum atomic E-state index is 11.6. The van der Waals surface area contributed by atoms with Crippen LogP contribution in [-0.4, -0.2) is 23.5 Å². The zero-order valence-electron chi connectivity index (χ0n) is 8.66. The monoisotopic (exact) mass is 210 g/mol. The summed E-state index contributed by atoms with van der Waals surface area (Å²) in [7, 11) is 0. The lowest BCUT2D eigenvalue weighted by Gasteiger charge is -2.13. The number of ether oxygens (including phenoxy) is 1. The van der Waals surface area contributed by atoms with Crippen LogP contribution in [0.2, 0.25) is 0 Å². The molecular weight excluding hydrogens is 196 g/mol. The van der Waals surface area contributed by atoms with E-state index in [9.17, 15) is 14.7 Å². The third kappa shape index (κ3) is 1.54. The molecule has 82 valence electrons. The number of Topliss-reactive ketones (excluding diaryl/α,β-unsaturated/α-hetero) is 1. The smallest absolute Gasteiger partial charge is 0.379 e. The Kier molecular flexibility index (Phi) is 2.50. The fourth-order valence-electron chi connectivity index (χ4n) is 2.53. The van der Waals surface area contributed by atoms with Gasteiger partial charge in [0.25, 0.3) is 5.78 Å². The molecule has 0 radical (unpaired) electrons. The number of aliphatic hydroxyl groups is 1. The SMILES string of the molecule is CCOC(=O)C(=O)C1=C(O)C2CCC1C2. The van der Waals surface area contributed by atoms with E-state index in [1.807, 2.05) is 0 Å². The Hall–Kier alpha value is -1.32. The van der Waals surface area contributed by atoms with Gasteiger partial charge < -0.3 is 9.84 Å². The van der Waals surface area contributed by atoms with E-state index >= 15 is 0 Å². The van der Waals surface area contributed by atoms with Gasteiger partial charge in [-0.05, 0) is 32.1 Å². The van der Waals surface area contributed by atoms with Gasteiger partial charge in [-0.2, -0.15) is 0 Å². The standard InChI is InChI=1S/C11H14O4/c1-2-15-11(14)10(13)8-6-3-4-7(5-6)9(8)12/h6-7,12H,2-5H2,1H3. The normalized spacial score (nSPS) is 28.3. The van der Waals surface area contributed by atoms with Crippen molar-refractivity contribution in [3.63, 3.8) is 0 Å². The molecule has 0 aromatic carbocycles. The fraction of sp³-hybridized carbons (Fsp3) is 0.636. The van der Waals surface area contributed by atoms with Gasteiger partial charge in [-0.15, -0.1) is 0 Å². The number of esters is 1. The van der Waals surface area contributed by atoms with Crippen LogP contribution in [0.5, 0.6) is 0 Å². The summed E-state index contributed by atoms with van der Waals surface area (Å²) in [5.41, 5.74) is 0.310. The van der Waals surface area contributed by atoms with Crippen molar-refractivity contribution in [2.45, 2.75) is 26.2 Å². The first-order valence-electron chi connectivity index (χ1n) is 5.29. The van der Waals surface area contributed by atoms with Gasteiger partial charge in [0.15, 0.2) is 0 Å². The summed E-state index contributed by atoms with van der Waals surface area (Å²) in [5, 5.41) is 9.72. The zero-order valence-corrected chi connectivity index (χ0v) is 8.66. The van der Waals surface area contributed by atoms with Crippen LogP contribution in [0.25, 0.3) is 0 Å². The third-order valence-corrected chi connectivity index (χ3v) is 3.21. The number of hydrogen-bond donors (Lipinski definition) is 1. The first kappa shape index (κ1) is 10.2. The molecule has 0 aromatic heterocycles. The lowest BCUT2D eigenvalue weighted by molar-refractivity contribution is -0.152. The number of aliphatic hydroxyl groups excluding tert-OH is 1. The Bertz CT molecular complexity index is 342. The number of ketones is 1. The van der Waals surface area contributed by atoms with Crippen molar-refractivity contribution >= 4 is 11.8 Å². The van der Waals surface area contributed by atoms with Gasteiger partial charge in [-0.25, -0.2) is 4.79 Å². The van der Waals surface area contributed by atoms with Crippen LogP contribution in [0.15, 0.2) is 11.3 Å². The molecule has 0 saturated heterocycles. The van der Waals surface area contributed by atoms with E-state index in [-0.39, 0.29) is 24.2 Å². The minimum atomic E-state index is -0.841.